The third-order valence-electron chi connectivity index (χ3n) is 11.6. The van der Waals surface area contributed by atoms with Crippen molar-refractivity contribution in [2.45, 2.75) is 93.3 Å². The molecular weight excluding hydrogens is 965 g/mol. The van der Waals surface area contributed by atoms with E-state index in [9.17, 15) is 0 Å². The Morgan fingerprint density at radius 1 is 0.730 bits per heavy atom. The number of para-hydroxylation sites is 1. The van der Waals surface area contributed by atoms with E-state index >= 15 is 0 Å². The van der Waals surface area contributed by atoms with Crippen molar-refractivity contribution >= 4 is 46.4 Å². The van der Waals surface area contributed by atoms with E-state index in [1.807, 2.05) is 48.7 Å². The maximum absolute atomic E-state index is 6.48. The van der Waals surface area contributed by atoms with Gasteiger partial charge in [-0.2, -0.15) is 0 Å². The van der Waals surface area contributed by atoms with Gasteiger partial charge in [0, 0.05) is 43.6 Å². The van der Waals surface area contributed by atoms with Crippen molar-refractivity contribution in [1.82, 2.24) is 19.5 Å². The summed E-state index contributed by atoms with van der Waals surface area (Å²) in [6.07, 6.45) is 5.05. The van der Waals surface area contributed by atoms with Gasteiger partial charge in [-0.25, -0.2) is 4.98 Å². The van der Waals surface area contributed by atoms with E-state index in [1.54, 1.807) is 0 Å². The van der Waals surface area contributed by atoms with Crippen molar-refractivity contribution in [1.29, 1.82) is 0 Å². The molecule has 0 fully saturated rings. The van der Waals surface area contributed by atoms with Gasteiger partial charge < -0.3 is 14.0 Å². The number of benzene rings is 5. The number of rotatable bonds is 8. The topological polar surface area (TPSA) is 56.7 Å². The number of hydrogen-bond acceptors (Lipinski definition) is 4. The number of furan rings is 1. The normalized spacial score (nSPS) is 12.0. The standard InChI is InChI=1S/C37H32N3O.C19H26NSi.Ir/c1-22(2)30-20-26(25-12-7-6-8-13-25)21-31(23(3)4)34(30)40-33-24(5)18-19-38-36(33)39-37(40)29-16-11-15-28-27-14-9-10-17-32(27)41-35(28)29;1-19(2,3)13-16-12-17(15-10-8-7-9-11-15)20-14-18(16)21(4,5)6;/h6-15,17-23H,1-5H3;7-10,12,14H,13H2,1-6H3;/q2*-1;. The summed E-state index contributed by atoms with van der Waals surface area (Å²) in [5.74, 6) is 1.35. The second-order valence-corrected chi connectivity index (χ2v) is 24.5. The molecule has 5 aromatic carbocycles. The van der Waals surface area contributed by atoms with Crippen LogP contribution in [0, 0.1) is 24.5 Å². The Bertz CT molecular complexity index is 3000. The maximum atomic E-state index is 6.48. The van der Waals surface area contributed by atoms with Crippen molar-refractivity contribution < 1.29 is 24.5 Å². The largest absolute Gasteiger partial charge is 0.501 e. The maximum Gasteiger partial charge on any atom is 0.168 e. The molecular formula is C56H58IrN4OSi-2. The monoisotopic (exact) mass is 1020 g/mol. The molecule has 0 unspecified atom stereocenters. The second-order valence-electron chi connectivity index (χ2n) is 19.4. The van der Waals surface area contributed by atoms with Gasteiger partial charge >= 0.3 is 0 Å². The minimum absolute atomic E-state index is 0. The molecule has 5 nitrogen and oxygen atoms in total. The van der Waals surface area contributed by atoms with E-state index in [4.69, 9.17) is 19.4 Å². The summed E-state index contributed by atoms with van der Waals surface area (Å²) >= 11 is 0. The van der Waals surface area contributed by atoms with Crippen LogP contribution in [0.1, 0.15) is 82.6 Å². The zero-order chi connectivity index (χ0) is 43.9. The first-order chi connectivity index (χ1) is 29.6. The molecule has 0 spiro atoms. The number of fused-ring (bicyclic) bond motifs is 4. The molecule has 0 saturated heterocycles. The SMILES string of the molecule is CC(C)(C)Cc1cc(-c2[c-]cccc2)ncc1[Si](C)(C)C.Cc1ccnc2nc(-c3[c-]ccc4c3oc3ccccc34)n(-c3c(C(C)C)cc(-c4ccccc4)cc3C(C)C)c12.[Ir]. The average molecular weight is 1020 g/mol. The molecule has 9 aromatic rings. The smallest absolute Gasteiger partial charge is 0.168 e. The zero-order valence-electron chi connectivity index (χ0n) is 38.5. The van der Waals surface area contributed by atoms with Crippen LogP contribution >= 0.6 is 0 Å². The van der Waals surface area contributed by atoms with E-state index in [2.05, 4.69) is 171 Å². The van der Waals surface area contributed by atoms with E-state index in [0.717, 1.165) is 67.7 Å². The van der Waals surface area contributed by atoms with Crippen LogP contribution in [0.25, 0.3) is 72.6 Å². The van der Waals surface area contributed by atoms with Crippen molar-refractivity contribution in [2.75, 3.05) is 0 Å². The molecule has 0 N–H and O–H groups in total. The van der Waals surface area contributed by atoms with Gasteiger partial charge in [0.15, 0.2) is 5.65 Å². The van der Waals surface area contributed by atoms with E-state index in [0.29, 0.717) is 0 Å². The molecule has 0 aliphatic rings. The van der Waals surface area contributed by atoms with Gasteiger partial charge in [0.1, 0.15) is 5.58 Å². The summed E-state index contributed by atoms with van der Waals surface area (Å²) in [6.45, 7) is 25.3. The first kappa shape index (κ1) is 45.6. The van der Waals surface area contributed by atoms with Crippen LogP contribution in [-0.4, -0.2) is 27.6 Å². The minimum atomic E-state index is -1.37. The van der Waals surface area contributed by atoms with Crippen LogP contribution < -0.4 is 5.19 Å². The molecule has 0 atom stereocenters. The minimum Gasteiger partial charge on any atom is -0.501 e. The van der Waals surface area contributed by atoms with Gasteiger partial charge in [-0.1, -0.05) is 139 Å². The predicted molar refractivity (Wildman–Crippen MR) is 263 cm³/mol. The van der Waals surface area contributed by atoms with Crippen molar-refractivity contribution in [2.24, 2.45) is 5.41 Å². The Morgan fingerprint density at radius 2 is 1.41 bits per heavy atom. The van der Waals surface area contributed by atoms with E-state index in [1.165, 1.54) is 38.7 Å². The summed E-state index contributed by atoms with van der Waals surface area (Å²) < 4.78 is 8.81. The summed E-state index contributed by atoms with van der Waals surface area (Å²) in [6, 6.07) is 46.8. The molecule has 9 rings (SSSR count). The molecule has 4 aromatic heterocycles. The van der Waals surface area contributed by atoms with Crippen LogP contribution in [0.3, 0.4) is 0 Å². The fraction of sp³-hybridized carbons (Fsp3) is 0.268. The van der Waals surface area contributed by atoms with Gasteiger partial charge in [-0.15, -0.1) is 54.1 Å². The number of pyridine rings is 2. The Balaban J connectivity index is 0.000000229. The molecule has 7 heteroatoms. The molecule has 0 bridgehead atoms. The molecule has 0 aliphatic carbocycles. The number of imidazole rings is 1. The van der Waals surface area contributed by atoms with Gasteiger partial charge in [0.05, 0.1) is 25.0 Å². The van der Waals surface area contributed by atoms with Crippen LogP contribution in [-0.2, 0) is 26.5 Å². The number of aryl methyl sites for hydroxylation is 1. The van der Waals surface area contributed by atoms with E-state index in [-0.39, 0.29) is 37.4 Å². The Hall–Kier alpha value is -5.46. The average Bonchev–Trinajstić information content (AvgIpc) is 3.83. The van der Waals surface area contributed by atoms with Crippen LogP contribution in [0.4, 0.5) is 0 Å². The van der Waals surface area contributed by atoms with Gasteiger partial charge in [0.25, 0.3) is 0 Å². The molecule has 0 amide bonds. The van der Waals surface area contributed by atoms with Crippen LogP contribution in [0.15, 0.2) is 132 Å². The zero-order valence-corrected chi connectivity index (χ0v) is 41.9. The quantitative estimate of drug-likeness (QED) is 0.112. The molecule has 4 heterocycles. The number of aromatic nitrogens is 4. The summed E-state index contributed by atoms with van der Waals surface area (Å²) in [4.78, 5) is 14.6. The number of hydrogen-bond donors (Lipinski definition) is 0. The van der Waals surface area contributed by atoms with Gasteiger partial charge in [-0.3, -0.25) is 4.98 Å². The Morgan fingerprint density at radius 3 is 2.06 bits per heavy atom. The first-order valence-electron chi connectivity index (χ1n) is 22.0. The van der Waals surface area contributed by atoms with Crippen LogP contribution in [0.2, 0.25) is 19.6 Å². The van der Waals surface area contributed by atoms with Crippen molar-refractivity contribution in [3.8, 4) is 39.5 Å². The van der Waals surface area contributed by atoms with E-state index < -0.39 is 8.07 Å². The summed E-state index contributed by atoms with van der Waals surface area (Å²) in [7, 11) is -1.37. The van der Waals surface area contributed by atoms with Crippen molar-refractivity contribution in [3.63, 3.8) is 0 Å². The van der Waals surface area contributed by atoms with Gasteiger partial charge in [-0.05, 0) is 93.6 Å². The fourth-order valence-electron chi connectivity index (χ4n) is 8.60. The summed E-state index contributed by atoms with van der Waals surface area (Å²) in [5, 5.41) is 3.63. The van der Waals surface area contributed by atoms with Crippen molar-refractivity contribution in [3.05, 3.63) is 162 Å². The Kier molecular flexibility index (Phi) is 13.3. The third kappa shape index (κ3) is 9.43. The van der Waals surface area contributed by atoms with Gasteiger partial charge in [0.2, 0.25) is 0 Å². The molecule has 63 heavy (non-hydrogen) atoms. The molecule has 0 saturated carbocycles. The second kappa shape index (κ2) is 18.3. The third-order valence-corrected chi connectivity index (χ3v) is 13.6. The summed E-state index contributed by atoms with van der Waals surface area (Å²) in [5.41, 5.74) is 15.4. The molecule has 323 valence electrons. The molecule has 0 aliphatic heterocycles. The predicted octanol–water partition coefficient (Wildman–Crippen LogP) is 14.7. The number of nitrogens with zero attached hydrogens (tertiary/aromatic N) is 4. The first-order valence-corrected chi connectivity index (χ1v) is 25.5. The van der Waals surface area contributed by atoms with Crippen LogP contribution in [0.5, 0.6) is 0 Å². The fourth-order valence-corrected chi connectivity index (χ4v) is 10.2. The Labute approximate surface area is 388 Å². The molecule has 1 radical (unpaired) electrons.